The quantitative estimate of drug-likeness (QED) is 0.701. The monoisotopic (exact) mass is 454 g/mol. The first-order chi connectivity index (χ1) is 12.7. The van der Waals surface area contributed by atoms with Crippen LogP contribution in [0.25, 0.3) is 0 Å². The zero-order valence-corrected chi connectivity index (χ0v) is 17.1. The minimum atomic E-state index is -4.14. The van der Waals surface area contributed by atoms with Crippen LogP contribution < -0.4 is 10.0 Å². The molecule has 0 bridgehead atoms. The zero-order valence-electron chi connectivity index (χ0n) is 14.7. The highest BCUT2D eigenvalue weighted by Crippen LogP contribution is 2.42. The summed E-state index contributed by atoms with van der Waals surface area (Å²) in [6.45, 7) is 1.45. The molecule has 8 heteroatoms. The number of hydrogen-bond acceptors (Lipinski definition) is 3. The van der Waals surface area contributed by atoms with E-state index < -0.39 is 38.2 Å². The Kier molecular flexibility index (Phi) is 5.69. The van der Waals surface area contributed by atoms with Gasteiger partial charge in [-0.2, -0.15) is 4.72 Å². The summed E-state index contributed by atoms with van der Waals surface area (Å²) in [5.41, 5.74) is 0.471. The highest BCUT2D eigenvalue weighted by Gasteiger charge is 2.41. The van der Waals surface area contributed by atoms with Crippen LogP contribution >= 0.6 is 15.9 Å². The largest absolute Gasteiger partial charge is 0.345 e. The summed E-state index contributed by atoms with van der Waals surface area (Å²) >= 11 is 3.44. The maximum Gasteiger partial charge on any atom is 0.244 e. The first-order valence-corrected chi connectivity index (χ1v) is 10.9. The average Bonchev–Trinajstić information content (AvgIpc) is 2.57. The second-order valence-corrected chi connectivity index (χ2v) is 9.31. The number of nitrogens with one attached hydrogen (secondary N) is 2. The van der Waals surface area contributed by atoms with Gasteiger partial charge in [-0.1, -0.05) is 40.2 Å². The Labute approximate surface area is 166 Å². The molecule has 0 spiro atoms. The van der Waals surface area contributed by atoms with Crippen LogP contribution in [0.2, 0.25) is 0 Å². The normalized spacial score (nSPS) is 17.0. The zero-order chi connectivity index (χ0) is 19.7. The second-order valence-electron chi connectivity index (χ2n) is 6.71. The van der Waals surface area contributed by atoms with Crippen LogP contribution in [0.15, 0.2) is 57.9 Å². The van der Waals surface area contributed by atoms with Crippen LogP contribution in [0.1, 0.15) is 31.7 Å². The van der Waals surface area contributed by atoms with E-state index in [1.165, 1.54) is 19.1 Å². The van der Waals surface area contributed by atoms with E-state index in [2.05, 4.69) is 26.0 Å². The topological polar surface area (TPSA) is 75.3 Å². The Morgan fingerprint density at radius 3 is 2.48 bits per heavy atom. The average molecular weight is 455 g/mol. The van der Waals surface area contributed by atoms with E-state index in [1.807, 2.05) is 24.3 Å². The smallest absolute Gasteiger partial charge is 0.244 e. The molecule has 0 aliphatic heterocycles. The van der Waals surface area contributed by atoms with Crippen molar-refractivity contribution in [2.75, 3.05) is 0 Å². The van der Waals surface area contributed by atoms with Crippen molar-refractivity contribution in [3.05, 3.63) is 64.4 Å². The van der Waals surface area contributed by atoms with Crippen molar-refractivity contribution >= 4 is 31.9 Å². The maximum absolute atomic E-state index is 13.8. The lowest BCUT2D eigenvalue weighted by molar-refractivity contribution is -0.125. The molecule has 2 aromatic rings. The fraction of sp³-hybridized carbons (Fsp3) is 0.316. The Morgan fingerprint density at radius 1 is 1.19 bits per heavy atom. The van der Waals surface area contributed by atoms with Gasteiger partial charge in [0, 0.05) is 4.47 Å². The molecule has 144 valence electrons. The molecule has 27 heavy (non-hydrogen) atoms. The molecule has 1 atom stereocenters. The molecule has 0 heterocycles. The van der Waals surface area contributed by atoms with Gasteiger partial charge in [0.25, 0.3) is 0 Å². The van der Waals surface area contributed by atoms with Crippen LogP contribution in [0, 0.1) is 5.82 Å². The van der Waals surface area contributed by atoms with Crippen LogP contribution in [0.5, 0.6) is 0 Å². The summed E-state index contributed by atoms with van der Waals surface area (Å²) in [6, 6.07) is 11.7. The number of amides is 1. The summed E-state index contributed by atoms with van der Waals surface area (Å²) in [5.74, 6) is -1.31. The summed E-state index contributed by atoms with van der Waals surface area (Å²) in [5, 5.41) is 2.98. The summed E-state index contributed by atoms with van der Waals surface area (Å²) in [7, 11) is -4.14. The van der Waals surface area contributed by atoms with E-state index in [1.54, 1.807) is 0 Å². The van der Waals surface area contributed by atoms with Gasteiger partial charge >= 0.3 is 0 Å². The fourth-order valence-corrected chi connectivity index (χ4v) is 4.84. The van der Waals surface area contributed by atoms with Crippen molar-refractivity contribution in [2.45, 2.75) is 42.7 Å². The highest BCUT2D eigenvalue weighted by atomic mass is 79.9. The minimum Gasteiger partial charge on any atom is -0.345 e. The van der Waals surface area contributed by atoms with Crippen molar-refractivity contribution < 1.29 is 17.6 Å². The van der Waals surface area contributed by atoms with E-state index in [0.29, 0.717) is 0 Å². The Balaban J connectivity index is 1.75. The Hall–Kier alpha value is -1.77. The van der Waals surface area contributed by atoms with E-state index in [4.69, 9.17) is 0 Å². The predicted octanol–water partition coefficient (Wildman–Crippen LogP) is 3.45. The maximum atomic E-state index is 13.8. The summed E-state index contributed by atoms with van der Waals surface area (Å²) < 4.78 is 41.8. The van der Waals surface area contributed by atoms with Gasteiger partial charge in [0.15, 0.2) is 0 Å². The highest BCUT2D eigenvalue weighted by molar-refractivity contribution is 9.10. The molecule has 1 aliphatic rings. The van der Waals surface area contributed by atoms with Crippen molar-refractivity contribution in [3.63, 3.8) is 0 Å². The lowest BCUT2D eigenvalue weighted by Crippen LogP contribution is -2.56. The van der Waals surface area contributed by atoms with Gasteiger partial charge in [0.2, 0.25) is 15.9 Å². The standard InChI is InChI=1S/C19H20BrFN2O3S/c1-13(23-27(25,26)17-9-3-2-8-16(17)21)18(24)22-19(10-5-11-19)14-6-4-7-15(20)12-14/h2-4,6-9,12-13,23H,5,10-11H2,1H3,(H,22,24)/t13-/m0/s1. The lowest BCUT2D eigenvalue weighted by Gasteiger charge is -2.43. The molecule has 3 rings (SSSR count). The van der Waals surface area contributed by atoms with Crippen LogP contribution in [0.3, 0.4) is 0 Å². The number of carbonyl (C=O) groups excluding carboxylic acids is 1. The predicted molar refractivity (Wildman–Crippen MR) is 104 cm³/mol. The SMILES string of the molecule is C[C@H](NS(=O)(=O)c1ccccc1F)C(=O)NC1(c2cccc(Br)c2)CCC1. The van der Waals surface area contributed by atoms with Gasteiger partial charge in [-0.05, 0) is 56.0 Å². The summed E-state index contributed by atoms with van der Waals surface area (Å²) in [6.07, 6.45) is 2.53. The van der Waals surface area contributed by atoms with Gasteiger partial charge in [-0.15, -0.1) is 0 Å². The molecule has 1 fully saturated rings. The van der Waals surface area contributed by atoms with Crippen molar-refractivity contribution in [2.24, 2.45) is 0 Å². The molecular formula is C19H20BrFN2O3S. The minimum absolute atomic E-state index is 0.449. The third kappa shape index (κ3) is 4.23. The summed E-state index contributed by atoms with van der Waals surface area (Å²) in [4.78, 5) is 12.2. The second kappa shape index (κ2) is 7.69. The van der Waals surface area contributed by atoms with E-state index in [9.17, 15) is 17.6 Å². The van der Waals surface area contributed by atoms with E-state index in [0.717, 1.165) is 41.4 Å². The molecule has 0 saturated heterocycles. The van der Waals surface area contributed by atoms with E-state index >= 15 is 0 Å². The number of carbonyl (C=O) groups is 1. The van der Waals surface area contributed by atoms with Gasteiger partial charge < -0.3 is 5.32 Å². The lowest BCUT2D eigenvalue weighted by atomic mass is 9.71. The molecule has 0 aromatic heterocycles. The molecular weight excluding hydrogens is 435 g/mol. The molecule has 1 aliphatic carbocycles. The number of benzene rings is 2. The number of rotatable bonds is 6. The molecule has 1 saturated carbocycles. The fourth-order valence-electron chi connectivity index (χ4n) is 3.16. The van der Waals surface area contributed by atoms with Crippen molar-refractivity contribution in [1.82, 2.24) is 10.0 Å². The van der Waals surface area contributed by atoms with Gasteiger partial charge in [-0.3, -0.25) is 4.79 Å². The van der Waals surface area contributed by atoms with E-state index in [-0.39, 0.29) is 0 Å². The van der Waals surface area contributed by atoms with Gasteiger partial charge in [-0.25, -0.2) is 12.8 Å². The first-order valence-electron chi connectivity index (χ1n) is 8.58. The molecule has 1 amide bonds. The Morgan fingerprint density at radius 2 is 1.89 bits per heavy atom. The van der Waals surface area contributed by atoms with Crippen LogP contribution in [0.4, 0.5) is 4.39 Å². The third-order valence-corrected chi connectivity index (χ3v) is 6.87. The first kappa shape index (κ1) is 20.0. The van der Waals surface area contributed by atoms with Gasteiger partial charge in [0.1, 0.15) is 10.7 Å². The number of hydrogen-bond donors (Lipinski definition) is 2. The molecule has 5 nitrogen and oxygen atoms in total. The molecule has 2 aromatic carbocycles. The van der Waals surface area contributed by atoms with Crippen LogP contribution in [-0.2, 0) is 20.4 Å². The van der Waals surface area contributed by atoms with Crippen LogP contribution in [-0.4, -0.2) is 20.4 Å². The van der Waals surface area contributed by atoms with Crippen molar-refractivity contribution in [1.29, 1.82) is 0 Å². The third-order valence-electron chi connectivity index (χ3n) is 4.80. The molecule has 2 N–H and O–H groups in total. The number of halogens is 2. The molecule has 0 unspecified atom stereocenters. The number of sulfonamides is 1. The van der Waals surface area contributed by atoms with Crippen molar-refractivity contribution in [3.8, 4) is 0 Å². The van der Waals surface area contributed by atoms with Gasteiger partial charge in [0.05, 0.1) is 11.6 Å². The Bertz CT molecular complexity index is 961. The molecule has 0 radical (unpaired) electrons.